The summed E-state index contributed by atoms with van der Waals surface area (Å²) in [5.74, 6) is 0.616. The Balaban J connectivity index is 1.95. The van der Waals surface area contributed by atoms with Gasteiger partial charge in [-0.3, -0.25) is 4.79 Å². The highest BCUT2D eigenvalue weighted by atomic mass is 16.1. The predicted molar refractivity (Wildman–Crippen MR) is 64.5 cm³/mol. The molecular formula is C11H17N5O. The Morgan fingerprint density at radius 1 is 1.53 bits per heavy atom. The van der Waals surface area contributed by atoms with Gasteiger partial charge in [-0.2, -0.15) is 0 Å². The summed E-state index contributed by atoms with van der Waals surface area (Å²) in [6, 6.07) is 1.94. The van der Waals surface area contributed by atoms with Gasteiger partial charge in [-0.05, 0) is 18.9 Å². The van der Waals surface area contributed by atoms with E-state index in [0.717, 1.165) is 31.9 Å². The summed E-state index contributed by atoms with van der Waals surface area (Å²) >= 11 is 0. The molecule has 1 aromatic rings. The third-order valence-electron chi connectivity index (χ3n) is 2.81. The number of hydrogen-bond acceptors (Lipinski definition) is 5. The molecule has 6 heteroatoms. The standard InChI is InChI=1S/C11H17N5O/c12-7-10(17)15-9-3-1-6-16(8-9)11-13-4-2-5-14-11/h2,4-5,9H,1,3,6-8,12H2,(H,15,17). The van der Waals surface area contributed by atoms with E-state index in [4.69, 9.17) is 5.73 Å². The molecule has 17 heavy (non-hydrogen) atoms. The smallest absolute Gasteiger partial charge is 0.234 e. The topological polar surface area (TPSA) is 84.1 Å². The van der Waals surface area contributed by atoms with E-state index in [-0.39, 0.29) is 18.5 Å². The minimum absolute atomic E-state index is 0.0400. The lowest BCUT2D eigenvalue weighted by Crippen LogP contribution is -2.49. The Morgan fingerprint density at radius 3 is 3.00 bits per heavy atom. The van der Waals surface area contributed by atoms with Gasteiger partial charge < -0.3 is 16.0 Å². The van der Waals surface area contributed by atoms with Crippen LogP contribution in [-0.4, -0.2) is 41.6 Å². The first-order valence-electron chi connectivity index (χ1n) is 5.81. The van der Waals surface area contributed by atoms with Gasteiger partial charge in [-0.1, -0.05) is 0 Å². The zero-order chi connectivity index (χ0) is 12.1. The molecule has 6 nitrogen and oxygen atoms in total. The van der Waals surface area contributed by atoms with Crippen molar-refractivity contribution in [3.63, 3.8) is 0 Å². The average molecular weight is 235 g/mol. The number of amides is 1. The number of aromatic nitrogens is 2. The van der Waals surface area contributed by atoms with Gasteiger partial charge in [0.1, 0.15) is 0 Å². The van der Waals surface area contributed by atoms with Gasteiger partial charge in [-0.25, -0.2) is 9.97 Å². The number of nitrogens with one attached hydrogen (secondary N) is 1. The van der Waals surface area contributed by atoms with E-state index >= 15 is 0 Å². The fourth-order valence-corrected chi connectivity index (χ4v) is 2.02. The molecule has 1 atom stereocenters. The highest BCUT2D eigenvalue weighted by Gasteiger charge is 2.22. The molecule has 2 rings (SSSR count). The second-order valence-electron chi connectivity index (χ2n) is 4.11. The lowest BCUT2D eigenvalue weighted by atomic mass is 10.1. The molecule has 0 bridgehead atoms. The molecule has 0 radical (unpaired) electrons. The molecule has 1 aliphatic heterocycles. The van der Waals surface area contributed by atoms with Crippen LogP contribution in [0.15, 0.2) is 18.5 Å². The molecule has 0 aromatic carbocycles. The maximum atomic E-state index is 11.2. The van der Waals surface area contributed by atoms with Crippen molar-refractivity contribution in [1.82, 2.24) is 15.3 Å². The van der Waals surface area contributed by atoms with Crippen LogP contribution in [0.3, 0.4) is 0 Å². The van der Waals surface area contributed by atoms with E-state index in [9.17, 15) is 4.79 Å². The van der Waals surface area contributed by atoms with Gasteiger partial charge in [0.15, 0.2) is 0 Å². The lowest BCUT2D eigenvalue weighted by Gasteiger charge is -2.32. The monoisotopic (exact) mass is 235 g/mol. The van der Waals surface area contributed by atoms with Gasteiger partial charge in [0.05, 0.1) is 6.54 Å². The Bertz CT molecular complexity index is 369. The third-order valence-corrected chi connectivity index (χ3v) is 2.81. The maximum Gasteiger partial charge on any atom is 0.234 e. The number of anilines is 1. The van der Waals surface area contributed by atoms with Crippen LogP contribution in [0.4, 0.5) is 5.95 Å². The summed E-state index contributed by atoms with van der Waals surface area (Å²) in [7, 11) is 0. The third kappa shape index (κ3) is 3.13. The molecule has 0 saturated carbocycles. The van der Waals surface area contributed by atoms with E-state index < -0.39 is 0 Å². The Labute approximate surface area is 100 Å². The fourth-order valence-electron chi connectivity index (χ4n) is 2.02. The van der Waals surface area contributed by atoms with Crippen molar-refractivity contribution in [2.45, 2.75) is 18.9 Å². The van der Waals surface area contributed by atoms with Gasteiger partial charge in [-0.15, -0.1) is 0 Å². The highest BCUT2D eigenvalue weighted by Crippen LogP contribution is 2.14. The molecule has 1 aromatic heterocycles. The molecule has 0 aliphatic carbocycles. The van der Waals surface area contributed by atoms with Crippen LogP contribution in [-0.2, 0) is 4.79 Å². The van der Waals surface area contributed by atoms with Crippen LogP contribution in [0.2, 0.25) is 0 Å². The van der Waals surface area contributed by atoms with Crippen molar-refractivity contribution in [3.8, 4) is 0 Å². The summed E-state index contributed by atoms with van der Waals surface area (Å²) in [4.78, 5) is 21.8. The van der Waals surface area contributed by atoms with E-state index in [0.29, 0.717) is 0 Å². The van der Waals surface area contributed by atoms with Crippen molar-refractivity contribution < 1.29 is 4.79 Å². The Morgan fingerprint density at radius 2 is 2.29 bits per heavy atom. The van der Waals surface area contributed by atoms with Crippen molar-refractivity contribution in [1.29, 1.82) is 0 Å². The summed E-state index contributed by atoms with van der Waals surface area (Å²) < 4.78 is 0. The van der Waals surface area contributed by atoms with Crippen molar-refractivity contribution in [3.05, 3.63) is 18.5 Å². The fraction of sp³-hybridized carbons (Fsp3) is 0.545. The minimum atomic E-state index is -0.106. The second-order valence-corrected chi connectivity index (χ2v) is 4.11. The van der Waals surface area contributed by atoms with Gasteiger partial charge in [0.2, 0.25) is 11.9 Å². The first-order chi connectivity index (χ1) is 8.29. The quantitative estimate of drug-likeness (QED) is 0.739. The molecule has 1 fully saturated rings. The Hall–Kier alpha value is -1.69. The van der Waals surface area contributed by atoms with E-state index in [1.54, 1.807) is 18.5 Å². The van der Waals surface area contributed by atoms with Crippen LogP contribution >= 0.6 is 0 Å². The first-order valence-corrected chi connectivity index (χ1v) is 5.81. The van der Waals surface area contributed by atoms with Crippen molar-refractivity contribution >= 4 is 11.9 Å². The molecule has 1 amide bonds. The molecular weight excluding hydrogens is 218 g/mol. The van der Waals surface area contributed by atoms with Crippen LogP contribution < -0.4 is 16.0 Å². The average Bonchev–Trinajstić information content (AvgIpc) is 2.40. The van der Waals surface area contributed by atoms with Gasteiger partial charge in [0, 0.05) is 31.5 Å². The van der Waals surface area contributed by atoms with Crippen LogP contribution in [0.25, 0.3) is 0 Å². The number of piperidine rings is 1. The largest absolute Gasteiger partial charge is 0.350 e. The Kier molecular flexibility index (Phi) is 3.87. The predicted octanol–water partition coefficient (Wildman–Crippen LogP) is -0.480. The molecule has 2 heterocycles. The summed E-state index contributed by atoms with van der Waals surface area (Å²) in [6.07, 6.45) is 5.46. The molecule has 3 N–H and O–H groups in total. The van der Waals surface area contributed by atoms with Crippen LogP contribution in [0.1, 0.15) is 12.8 Å². The van der Waals surface area contributed by atoms with Gasteiger partial charge in [0.25, 0.3) is 0 Å². The normalized spacial score (nSPS) is 20.1. The molecule has 92 valence electrons. The van der Waals surface area contributed by atoms with Crippen molar-refractivity contribution in [2.24, 2.45) is 5.73 Å². The van der Waals surface area contributed by atoms with Gasteiger partial charge >= 0.3 is 0 Å². The molecule has 0 spiro atoms. The number of carbonyl (C=O) groups excluding carboxylic acids is 1. The highest BCUT2D eigenvalue weighted by molar-refractivity contribution is 5.78. The second kappa shape index (κ2) is 5.58. The number of carbonyl (C=O) groups is 1. The molecule has 1 aliphatic rings. The lowest BCUT2D eigenvalue weighted by molar-refractivity contribution is -0.120. The number of hydrogen-bond donors (Lipinski definition) is 2. The zero-order valence-electron chi connectivity index (χ0n) is 9.67. The number of nitrogens with zero attached hydrogens (tertiary/aromatic N) is 3. The van der Waals surface area contributed by atoms with E-state index in [1.165, 1.54) is 0 Å². The molecule has 1 unspecified atom stereocenters. The van der Waals surface area contributed by atoms with Crippen LogP contribution in [0.5, 0.6) is 0 Å². The zero-order valence-corrected chi connectivity index (χ0v) is 9.67. The van der Waals surface area contributed by atoms with Crippen LogP contribution in [0, 0.1) is 0 Å². The summed E-state index contributed by atoms with van der Waals surface area (Å²) in [5.41, 5.74) is 5.28. The number of rotatable bonds is 3. The van der Waals surface area contributed by atoms with E-state index in [1.807, 2.05) is 0 Å². The maximum absolute atomic E-state index is 11.2. The van der Waals surface area contributed by atoms with Crippen molar-refractivity contribution in [2.75, 3.05) is 24.5 Å². The van der Waals surface area contributed by atoms with E-state index in [2.05, 4.69) is 20.2 Å². The molecule has 1 saturated heterocycles. The summed E-state index contributed by atoms with van der Waals surface area (Å²) in [5, 5.41) is 2.91. The SMILES string of the molecule is NCC(=O)NC1CCCN(c2ncccn2)C1. The minimum Gasteiger partial charge on any atom is -0.350 e. The summed E-state index contributed by atoms with van der Waals surface area (Å²) in [6.45, 7) is 1.72. The number of nitrogens with two attached hydrogens (primary N) is 1. The first kappa shape index (κ1) is 11.8.